The first-order chi connectivity index (χ1) is 11.5. The lowest BCUT2D eigenvalue weighted by atomic mass is 10.0. The van der Waals surface area contributed by atoms with Crippen LogP contribution in [-0.2, 0) is 4.79 Å². The van der Waals surface area contributed by atoms with Crippen molar-refractivity contribution in [3.63, 3.8) is 0 Å². The van der Waals surface area contributed by atoms with Crippen molar-refractivity contribution >= 4 is 28.3 Å². The molecule has 0 unspecified atom stereocenters. The van der Waals surface area contributed by atoms with Gasteiger partial charge in [-0.1, -0.05) is 24.3 Å². The second kappa shape index (κ2) is 8.31. The summed E-state index contributed by atoms with van der Waals surface area (Å²) in [5.74, 6) is -0.533. The lowest BCUT2D eigenvalue weighted by Gasteiger charge is -2.17. The van der Waals surface area contributed by atoms with Gasteiger partial charge in [0.25, 0.3) is 5.91 Å². The zero-order valence-corrected chi connectivity index (χ0v) is 14.0. The van der Waals surface area contributed by atoms with Crippen molar-refractivity contribution in [1.29, 1.82) is 0 Å². The van der Waals surface area contributed by atoms with Crippen LogP contribution in [0.1, 0.15) is 29.6 Å². The summed E-state index contributed by atoms with van der Waals surface area (Å²) in [6.45, 7) is 0.487. The first kappa shape index (κ1) is 17.7. The van der Waals surface area contributed by atoms with Crippen LogP contribution >= 0.6 is 0 Å². The van der Waals surface area contributed by atoms with E-state index in [1.807, 2.05) is 55.4 Å². The third-order valence-electron chi connectivity index (χ3n) is 3.87. The smallest absolute Gasteiger partial charge is 0.251 e. The topological polar surface area (TPSA) is 81.7 Å². The number of carbonyl (C=O) groups excluding carboxylic acids is 2. The molecule has 24 heavy (non-hydrogen) atoms. The van der Waals surface area contributed by atoms with Crippen LogP contribution in [0.2, 0.25) is 0 Å². The van der Waals surface area contributed by atoms with Crippen molar-refractivity contribution in [2.75, 3.05) is 25.5 Å². The molecule has 2 rings (SSSR count). The molecule has 0 saturated heterocycles. The van der Waals surface area contributed by atoms with Crippen molar-refractivity contribution in [3.05, 3.63) is 42.0 Å². The van der Waals surface area contributed by atoms with E-state index in [0.717, 1.165) is 16.5 Å². The van der Waals surface area contributed by atoms with Gasteiger partial charge in [0.05, 0.1) is 0 Å². The zero-order chi connectivity index (χ0) is 17.5. The van der Waals surface area contributed by atoms with E-state index in [9.17, 15) is 9.59 Å². The summed E-state index contributed by atoms with van der Waals surface area (Å²) in [5, 5.41) is 13.3. The quantitative estimate of drug-likeness (QED) is 0.414. The number of amides is 2. The molecule has 2 aromatic rings. The number of unbranched alkanes of at least 4 members (excludes halogenated alkanes) is 1. The van der Waals surface area contributed by atoms with E-state index in [1.54, 1.807) is 5.48 Å². The number of hydrogen-bond acceptors (Lipinski definition) is 4. The normalized spacial score (nSPS) is 10.5. The van der Waals surface area contributed by atoms with Crippen LogP contribution in [0.4, 0.5) is 5.69 Å². The number of hydroxylamine groups is 1. The standard InChI is InChI=1S/C18H23N3O3/c1-21(2)16-11-10-15(13-7-3-4-8-14(13)16)18(23)19-12-6-5-9-17(22)20-24/h3-4,7-8,10-11,24H,5-6,9,12H2,1-2H3,(H,19,23)(H,20,22). The Morgan fingerprint density at radius 1 is 1.04 bits per heavy atom. The summed E-state index contributed by atoms with van der Waals surface area (Å²) < 4.78 is 0. The summed E-state index contributed by atoms with van der Waals surface area (Å²) in [4.78, 5) is 25.4. The fraction of sp³-hybridized carbons (Fsp3) is 0.333. The molecule has 0 aliphatic rings. The van der Waals surface area contributed by atoms with Crippen LogP contribution < -0.4 is 15.7 Å². The number of benzene rings is 2. The van der Waals surface area contributed by atoms with Crippen LogP contribution in [0, 0.1) is 0 Å². The van der Waals surface area contributed by atoms with Gasteiger partial charge in [0.2, 0.25) is 5.91 Å². The minimum absolute atomic E-state index is 0.122. The number of rotatable bonds is 7. The molecule has 0 aromatic heterocycles. The van der Waals surface area contributed by atoms with Gasteiger partial charge in [0.1, 0.15) is 0 Å². The average Bonchev–Trinajstić information content (AvgIpc) is 2.59. The van der Waals surface area contributed by atoms with E-state index in [0.29, 0.717) is 24.9 Å². The monoisotopic (exact) mass is 329 g/mol. The maximum absolute atomic E-state index is 12.4. The Hall–Kier alpha value is -2.60. The Bertz CT molecular complexity index is 729. The molecule has 128 valence electrons. The highest BCUT2D eigenvalue weighted by atomic mass is 16.5. The molecule has 0 saturated carbocycles. The Balaban J connectivity index is 2.05. The molecule has 0 radical (unpaired) electrons. The molecule has 0 spiro atoms. The molecular weight excluding hydrogens is 306 g/mol. The molecule has 6 nitrogen and oxygen atoms in total. The molecule has 0 atom stereocenters. The highest BCUT2D eigenvalue weighted by Gasteiger charge is 2.12. The summed E-state index contributed by atoms with van der Waals surface area (Å²) in [6.07, 6.45) is 1.52. The van der Waals surface area contributed by atoms with Crippen LogP contribution in [-0.4, -0.2) is 37.7 Å². The number of fused-ring (bicyclic) bond motifs is 1. The SMILES string of the molecule is CN(C)c1ccc(C(=O)NCCCCC(=O)NO)c2ccccc12. The molecule has 0 fully saturated rings. The molecule has 0 aliphatic carbocycles. The molecule has 3 N–H and O–H groups in total. The Morgan fingerprint density at radius 2 is 1.75 bits per heavy atom. The molecule has 0 bridgehead atoms. The summed E-state index contributed by atoms with van der Waals surface area (Å²) >= 11 is 0. The summed E-state index contributed by atoms with van der Waals surface area (Å²) in [7, 11) is 3.95. The fourth-order valence-corrected chi connectivity index (χ4v) is 2.63. The first-order valence-corrected chi connectivity index (χ1v) is 7.95. The van der Waals surface area contributed by atoms with Crippen molar-refractivity contribution in [3.8, 4) is 0 Å². The van der Waals surface area contributed by atoms with Gasteiger partial charge in [-0.3, -0.25) is 14.8 Å². The number of anilines is 1. The van der Waals surface area contributed by atoms with Gasteiger partial charge in [-0.25, -0.2) is 5.48 Å². The molecule has 2 amide bonds. The highest BCUT2D eigenvalue weighted by Crippen LogP contribution is 2.28. The van der Waals surface area contributed by atoms with Gasteiger partial charge >= 0.3 is 0 Å². The van der Waals surface area contributed by atoms with E-state index in [1.165, 1.54) is 0 Å². The van der Waals surface area contributed by atoms with Crippen LogP contribution in [0.5, 0.6) is 0 Å². The second-order valence-corrected chi connectivity index (χ2v) is 5.82. The lowest BCUT2D eigenvalue weighted by molar-refractivity contribution is -0.129. The van der Waals surface area contributed by atoms with E-state index < -0.39 is 5.91 Å². The van der Waals surface area contributed by atoms with Gasteiger partial charge in [0, 0.05) is 43.7 Å². The van der Waals surface area contributed by atoms with Gasteiger partial charge in [-0.05, 0) is 30.4 Å². The average molecular weight is 329 g/mol. The zero-order valence-electron chi connectivity index (χ0n) is 14.0. The Morgan fingerprint density at radius 3 is 2.42 bits per heavy atom. The molecule has 2 aromatic carbocycles. The van der Waals surface area contributed by atoms with Crippen molar-refractivity contribution in [2.45, 2.75) is 19.3 Å². The van der Waals surface area contributed by atoms with Gasteiger partial charge in [0.15, 0.2) is 0 Å². The fourth-order valence-electron chi connectivity index (χ4n) is 2.63. The third kappa shape index (κ3) is 4.23. The van der Waals surface area contributed by atoms with Crippen molar-refractivity contribution in [1.82, 2.24) is 10.8 Å². The minimum atomic E-state index is -0.411. The van der Waals surface area contributed by atoms with Crippen LogP contribution in [0.3, 0.4) is 0 Å². The largest absolute Gasteiger partial charge is 0.377 e. The van der Waals surface area contributed by atoms with E-state index >= 15 is 0 Å². The molecule has 0 aliphatic heterocycles. The number of carbonyl (C=O) groups is 2. The number of nitrogens with one attached hydrogen (secondary N) is 2. The minimum Gasteiger partial charge on any atom is -0.377 e. The molecular formula is C18H23N3O3. The Kier molecular flexibility index (Phi) is 6.14. The van der Waals surface area contributed by atoms with E-state index in [2.05, 4.69) is 5.32 Å². The Labute approximate surface area is 141 Å². The van der Waals surface area contributed by atoms with Gasteiger partial charge in [-0.2, -0.15) is 0 Å². The van der Waals surface area contributed by atoms with Crippen molar-refractivity contribution in [2.24, 2.45) is 0 Å². The van der Waals surface area contributed by atoms with Crippen LogP contribution in [0.25, 0.3) is 10.8 Å². The van der Waals surface area contributed by atoms with Gasteiger partial charge < -0.3 is 10.2 Å². The number of hydrogen-bond donors (Lipinski definition) is 3. The maximum atomic E-state index is 12.4. The number of nitrogens with zero attached hydrogens (tertiary/aromatic N) is 1. The van der Waals surface area contributed by atoms with E-state index in [-0.39, 0.29) is 12.3 Å². The van der Waals surface area contributed by atoms with E-state index in [4.69, 9.17) is 5.21 Å². The molecule has 6 heteroatoms. The van der Waals surface area contributed by atoms with Crippen LogP contribution in [0.15, 0.2) is 36.4 Å². The predicted octanol–water partition coefficient (Wildman–Crippen LogP) is 2.31. The molecule has 0 heterocycles. The summed E-state index contributed by atoms with van der Waals surface area (Å²) in [5.41, 5.74) is 3.30. The predicted molar refractivity (Wildman–Crippen MR) is 94.4 cm³/mol. The summed E-state index contributed by atoms with van der Waals surface area (Å²) in [6, 6.07) is 11.6. The second-order valence-electron chi connectivity index (χ2n) is 5.82. The van der Waals surface area contributed by atoms with Gasteiger partial charge in [-0.15, -0.1) is 0 Å². The van der Waals surface area contributed by atoms with Crippen molar-refractivity contribution < 1.29 is 14.8 Å². The third-order valence-corrected chi connectivity index (χ3v) is 3.87. The first-order valence-electron chi connectivity index (χ1n) is 7.95. The highest BCUT2D eigenvalue weighted by molar-refractivity contribution is 6.10. The lowest BCUT2D eigenvalue weighted by Crippen LogP contribution is -2.25. The maximum Gasteiger partial charge on any atom is 0.251 e.